The molecule has 0 amide bonds. The molecule has 2 saturated heterocycles. The highest BCUT2D eigenvalue weighted by Gasteiger charge is 2.41. The van der Waals surface area contributed by atoms with Crippen molar-refractivity contribution in [3.63, 3.8) is 0 Å². The maximum atomic E-state index is 13.2. The number of hydrogen-bond donors (Lipinski definition) is 2. The number of aryl methyl sites for hydroxylation is 1. The summed E-state index contributed by atoms with van der Waals surface area (Å²) in [4.78, 5) is 27.2. The van der Waals surface area contributed by atoms with E-state index in [9.17, 15) is 30.7 Å². The first-order chi connectivity index (χ1) is 18.5. The second-order valence-corrected chi connectivity index (χ2v) is 9.41. The molecule has 0 bridgehead atoms. The van der Waals surface area contributed by atoms with Gasteiger partial charge in [-0.25, -0.2) is 19.0 Å². The van der Waals surface area contributed by atoms with Crippen LogP contribution >= 0.6 is 0 Å². The Balaban J connectivity index is 0.000000333. The van der Waals surface area contributed by atoms with Crippen LogP contribution in [0.5, 0.6) is 0 Å². The zero-order chi connectivity index (χ0) is 30.1. The number of carboxylic acid groups (broad SMARTS) is 2. The maximum Gasteiger partial charge on any atom is 0.490 e. The summed E-state index contributed by atoms with van der Waals surface area (Å²) in [6, 6.07) is 6.86. The van der Waals surface area contributed by atoms with Crippen LogP contribution in [0.3, 0.4) is 0 Å². The molecule has 1 unspecified atom stereocenters. The molecule has 224 valence electrons. The number of likely N-dealkylation sites (tertiary alicyclic amines) is 1. The van der Waals surface area contributed by atoms with E-state index >= 15 is 0 Å². The van der Waals surface area contributed by atoms with Crippen molar-refractivity contribution in [2.24, 2.45) is 12.5 Å². The van der Waals surface area contributed by atoms with Gasteiger partial charge in [0.15, 0.2) is 0 Å². The fourth-order valence-corrected chi connectivity index (χ4v) is 4.22. The van der Waals surface area contributed by atoms with Gasteiger partial charge in [-0.2, -0.15) is 26.3 Å². The van der Waals surface area contributed by atoms with Gasteiger partial charge < -0.3 is 19.5 Å². The van der Waals surface area contributed by atoms with Crippen molar-refractivity contribution in [3.8, 4) is 0 Å². The average Bonchev–Trinajstić information content (AvgIpc) is 3.37. The van der Waals surface area contributed by atoms with Crippen molar-refractivity contribution in [2.75, 3.05) is 39.4 Å². The van der Waals surface area contributed by atoms with Gasteiger partial charge in [-0.3, -0.25) is 9.80 Å². The van der Waals surface area contributed by atoms with Crippen LogP contribution in [0.4, 0.5) is 30.7 Å². The summed E-state index contributed by atoms with van der Waals surface area (Å²) in [6.07, 6.45) is -5.15. The van der Waals surface area contributed by atoms with Gasteiger partial charge in [0.2, 0.25) is 0 Å². The number of nitrogens with zero attached hydrogens (tertiary/aromatic N) is 4. The monoisotopic (exact) mass is 586 g/mol. The largest absolute Gasteiger partial charge is 0.490 e. The molecular formula is C24H29F7N4O5. The fraction of sp³-hybridized carbons (Fsp3) is 0.542. The summed E-state index contributed by atoms with van der Waals surface area (Å²) >= 11 is 0. The van der Waals surface area contributed by atoms with Crippen LogP contribution in [-0.4, -0.2) is 93.2 Å². The molecule has 1 atom stereocenters. The van der Waals surface area contributed by atoms with Crippen LogP contribution in [0.2, 0.25) is 0 Å². The van der Waals surface area contributed by atoms with E-state index in [2.05, 4.69) is 19.4 Å². The van der Waals surface area contributed by atoms with Gasteiger partial charge in [-0.05, 0) is 30.7 Å². The lowest BCUT2D eigenvalue weighted by Crippen LogP contribution is -2.40. The topological polar surface area (TPSA) is 108 Å². The Bertz CT molecular complexity index is 1080. The number of carbonyl (C=O) groups is 2. The third-order valence-corrected chi connectivity index (χ3v) is 6.13. The van der Waals surface area contributed by atoms with Gasteiger partial charge in [-0.15, -0.1) is 0 Å². The zero-order valence-electron chi connectivity index (χ0n) is 21.4. The van der Waals surface area contributed by atoms with E-state index in [-0.39, 0.29) is 11.2 Å². The van der Waals surface area contributed by atoms with E-state index in [0.29, 0.717) is 0 Å². The molecule has 4 rings (SSSR count). The zero-order valence-corrected chi connectivity index (χ0v) is 21.4. The van der Waals surface area contributed by atoms with Crippen LogP contribution in [0.15, 0.2) is 36.7 Å². The first kappa shape index (κ1) is 33.0. The molecule has 0 aliphatic carbocycles. The van der Waals surface area contributed by atoms with E-state index in [1.165, 1.54) is 0 Å². The minimum absolute atomic E-state index is 0.176. The average molecular weight is 587 g/mol. The highest BCUT2D eigenvalue weighted by atomic mass is 19.4. The number of alkyl halides is 6. The molecule has 1 aromatic carbocycles. The summed E-state index contributed by atoms with van der Waals surface area (Å²) in [5, 5.41) is 14.2. The lowest BCUT2D eigenvalue weighted by Gasteiger charge is -2.32. The first-order valence-corrected chi connectivity index (χ1v) is 11.8. The van der Waals surface area contributed by atoms with E-state index in [1.54, 1.807) is 12.1 Å². The van der Waals surface area contributed by atoms with E-state index < -0.39 is 24.3 Å². The molecule has 2 aromatic rings. The predicted octanol–water partition coefficient (Wildman–Crippen LogP) is 3.55. The molecule has 1 spiro atoms. The number of ether oxygens (including phenoxy) is 1. The molecule has 40 heavy (non-hydrogen) atoms. The summed E-state index contributed by atoms with van der Waals surface area (Å²) in [5.41, 5.74) is 1.34. The van der Waals surface area contributed by atoms with Gasteiger partial charge >= 0.3 is 24.3 Å². The molecule has 0 saturated carbocycles. The van der Waals surface area contributed by atoms with Crippen LogP contribution in [0.25, 0.3) is 0 Å². The SMILES string of the molecule is Cn1ccnc1CN1CCC2(COCCN(Cc3ccc(F)cc3)C2)C1.O=C(O)C(F)(F)F.O=C(O)C(F)(F)F. The Labute approximate surface area is 224 Å². The summed E-state index contributed by atoms with van der Waals surface area (Å²) in [6.45, 7) is 7.42. The molecule has 2 aliphatic heterocycles. The molecule has 1 aromatic heterocycles. The van der Waals surface area contributed by atoms with Crippen molar-refractivity contribution in [1.82, 2.24) is 19.4 Å². The van der Waals surface area contributed by atoms with Gasteiger partial charge in [0.1, 0.15) is 11.6 Å². The lowest BCUT2D eigenvalue weighted by molar-refractivity contribution is -0.193. The molecular weight excluding hydrogens is 557 g/mol. The Hall–Kier alpha value is -3.24. The van der Waals surface area contributed by atoms with Crippen LogP contribution in [0.1, 0.15) is 17.8 Å². The minimum Gasteiger partial charge on any atom is -0.475 e. The number of aromatic nitrogens is 2. The van der Waals surface area contributed by atoms with Crippen molar-refractivity contribution in [2.45, 2.75) is 31.9 Å². The predicted molar refractivity (Wildman–Crippen MR) is 125 cm³/mol. The van der Waals surface area contributed by atoms with E-state index in [0.717, 1.165) is 70.3 Å². The van der Waals surface area contributed by atoms with E-state index in [1.807, 2.05) is 31.6 Å². The number of imidazole rings is 1. The normalized spacial score (nSPS) is 20.2. The van der Waals surface area contributed by atoms with Crippen molar-refractivity contribution in [1.29, 1.82) is 0 Å². The molecule has 2 aliphatic rings. The number of rotatable bonds is 4. The van der Waals surface area contributed by atoms with Crippen LogP contribution in [0, 0.1) is 11.2 Å². The number of halogens is 7. The molecule has 2 fully saturated rings. The smallest absolute Gasteiger partial charge is 0.475 e. The molecule has 3 heterocycles. The number of benzene rings is 1. The van der Waals surface area contributed by atoms with Crippen molar-refractivity contribution >= 4 is 11.9 Å². The highest BCUT2D eigenvalue weighted by molar-refractivity contribution is 5.73. The first-order valence-electron chi connectivity index (χ1n) is 11.8. The van der Waals surface area contributed by atoms with Gasteiger partial charge in [0, 0.05) is 51.0 Å². The molecule has 16 heteroatoms. The standard InChI is InChI=1S/C20H27FN4O.2C2HF3O2/c1-23-9-7-22-19(23)13-24-8-6-20(14-24)15-25(10-11-26-16-20)12-17-2-4-18(21)5-3-17;2*3-2(4,5)1(6)7/h2-5,7,9H,6,8,10-16H2,1H3;2*(H,6,7). The molecule has 2 N–H and O–H groups in total. The Morgan fingerprint density at radius 2 is 1.48 bits per heavy atom. The Morgan fingerprint density at radius 1 is 0.950 bits per heavy atom. The fourth-order valence-electron chi connectivity index (χ4n) is 4.22. The quantitative estimate of drug-likeness (QED) is 0.524. The summed E-state index contributed by atoms with van der Waals surface area (Å²) in [5.74, 6) is -4.58. The number of carboxylic acids is 2. The molecule has 9 nitrogen and oxygen atoms in total. The van der Waals surface area contributed by atoms with Crippen molar-refractivity contribution < 1.29 is 55.3 Å². The number of hydrogen-bond acceptors (Lipinski definition) is 6. The third-order valence-electron chi connectivity index (χ3n) is 6.13. The number of aliphatic carboxylic acids is 2. The maximum absolute atomic E-state index is 13.2. The van der Waals surface area contributed by atoms with Crippen molar-refractivity contribution in [3.05, 3.63) is 53.9 Å². The lowest BCUT2D eigenvalue weighted by atomic mass is 9.87. The Morgan fingerprint density at radius 3 is 1.95 bits per heavy atom. The van der Waals surface area contributed by atoms with Gasteiger partial charge in [0.25, 0.3) is 0 Å². The highest BCUT2D eigenvalue weighted by Crippen LogP contribution is 2.34. The van der Waals surface area contributed by atoms with Crippen LogP contribution in [-0.2, 0) is 34.5 Å². The second-order valence-electron chi connectivity index (χ2n) is 9.41. The molecule has 0 radical (unpaired) electrons. The third kappa shape index (κ3) is 10.7. The second kappa shape index (κ2) is 13.9. The van der Waals surface area contributed by atoms with E-state index in [4.69, 9.17) is 24.5 Å². The van der Waals surface area contributed by atoms with Gasteiger partial charge in [-0.1, -0.05) is 12.1 Å². The summed E-state index contributed by atoms with van der Waals surface area (Å²) in [7, 11) is 2.05. The van der Waals surface area contributed by atoms with Gasteiger partial charge in [0.05, 0.1) is 19.8 Å². The Kier molecular flexibility index (Phi) is 11.5. The van der Waals surface area contributed by atoms with Crippen LogP contribution < -0.4 is 0 Å². The minimum atomic E-state index is -5.08. The summed E-state index contributed by atoms with van der Waals surface area (Å²) < 4.78 is 84.7.